The Bertz CT molecular complexity index is 377. The van der Waals surface area contributed by atoms with E-state index in [-0.39, 0.29) is 5.97 Å². The monoisotopic (exact) mass is 236 g/mol. The van der Waals surface area contributed by atoms with Crippen LogP contribution < -0.4 is 0 Å². The molecule has 1 heterocycles. The summed E-state index contributed by atoms with van der Waals surface area (Å²) in [7, 11) is 0. The number of carbonyl (C=O) groups is 1. The fourth-order valence-corrected chi connectivity index (χ4v) is 1.42. The number of aromatic nitrogens is 1. The topological polar surface area (TPSA) is 71.8 Å². The summed E-state index contributed by atoms with van der Waals surface area (Å²) < 4.78 is 4.81. The van der Waals surface area contributed by atoms with Crippen LogP contribution in [0.25, 0.3) is 0 Å². The van der Waals surface area contributed by atoms with Gasteiger partial charge >= 0.3 is 5.97 Å². The summed E-state index contributed by atoms with van der Waals surface area (Å²) in [5.41, 5.74) is 1.29. The highest BCUT2D eigenvalue weighted by Gasteiger charge is 2.07. The molecule has 0 aliphatic rings. The van der Waals surface area contributed by atoms with E-state index in [0.29, 0.717) is 31.6 Å². The third kappa shape index (κ3) is 4.63. The van der Waals surface area contributed by atoms with Crippen molar-refractivity contribution in [2.24, 2.45) is 5.16 Å². The van der Waals surface area contributed by atoms with E-state index in [1.165, 1.54) is 0 Å². The van der Waals surface area contributed by atoms with Crippen LogP contribution in [0.3, 0.4) is 0 Å². The molecule has 0 saturated carbocycles. The lowest BCUT2D eigenvalue weighted by Crippen LogP contribution is -2.06. The summed E-state index contributed by atoms with van der Waals surface area (Å²) in [4.78, 5) is 15.1. The Labute approximate surface area is 100 Å². The van der Waals surface area contributed by atoms with Crippen LogP contribution in [0.4, 0.5) is 0 Å². The van der Waals surface area contributed by atoms with Crippen molar-refractivity contribution < 1.29 is 14.7 Å². The normalized spacial score (nSPS) is 11.2. The van der Waals surface area contributed by atoms with Crippen LogP contribution in [-0.4, -0.2) is 28.5 Å². The van der Waals surface area contributed by atoms with Crippen molar-refractivity contribution in [3.05, 3.63) is 30.1 Å². The summed E-state index contributed by atoms with van der Waals surface area (Å²) in [5, 5.41) is 12.1. The molecule has 92 valence electrons. The first-order valence-corrected chi connectivity index (χ1v) is 5.55. The van der Waals surface area contributed by atoms with Gasteiger partial charge in [-0.05, 0) is 31.9 Å². The maximum absolute atomic E-state index is 11.1. The van der Waals surface area contributed by atoms with Gasteiger partial charge in [0.05, 0.1) is 12.3 Å². The zero-order valence-electron chi connectivity index (χ0n) is 9.80. The average Bonchev–Trinajstić information content (AvgIpc) is 2.36. The summed E-state index contributed by atoms with van der Waals surface area (Å²) in [5.74, 6) is -0.226. The van der Waals surface area contributed by atoms with Gasteiger partial charge in [-0.1, -0.05) is 5.16 Å². The number of pyridine rings is 1. The van der Waals surface area contributed by atoms with E-state index >= 15 is 0 Å². The third-order valence-corrected chi connectivity index (χ3v) is 2.22. The second-order valence-corrected chi connectivity index (χ2v) is 3.45. The third-order valence-electron chi connectivity index (χ3n) is 2.22. The molecule has 17 heavy (non-hydrogen) atoms. The zero-order valence-corrected chi connectivity index (χ0v) is 9.80. The number of rotatable bonds is 6. The number of hydrogen-bond acceptors (Lipinski definition) is 5. The Hall–Kier alpha value is -1.91. The van der Waals surface area contributed by atoms with Crippen LogP contribution in [0.2, 0.25) is 0 Å². The van der Waals surface area contributed by atoms with E-state index in [2.05, 4.69) is 10.1 Å². The standard InChI is InChI=1S/C12H16N2O3/c1-2-17-12(15)7-3-6-11(14-16)10-5-4-8-13-9-10/h4-5,8-9,16H,2-3,6-7H2,1H3. The number of esters is 1. The maximum Gasteiger partial charge on any atom is 0.305 e. The molecule has 0 spiro atoms. The first-order chi connectivity index (χ1) is 8.27. The first-order valence-electron chi connectivity index (χ1n) is 5.55. The van der Waals surface area contributed by atoms with E-state index in [9.17, 15) is 4.79 Å². The van der Waals surface area contributed by atoms with Crippen LogP contribution in [0, 0.1) is 0 Å². The van der Waals surface area contributed by atoms with Gasteiger partial charge in [-0.3, -0.25) is 9.78 Å². The van der Waals surface area contributed by atoms with E-state index in [4.69, 9.17) is 9.94 Å². The Kier molecular flexibility index (Phi) is 5.71. The van der Waals surface area contributed by atoms with E-state index in [1.54, 1.807) is 25.4 Å². The lowest BCUT2D eigenvalue weighted by Gasteiger charge is -2.04. The molecule has 0 aliphatic carbocycles. The second-order valence-electron chi connectivity index (χ2n) is 3.45. The van der Waals surface area contributed by atoms with Gasteiger partial charge in [-0.25, -0.2) is 0 Å². The minimum atomic E-state index is -0.226. The molecule has 1 N–H and O–H groups in total. The Morgan fingerprint density at radius 3 is 2.94 bits per heavy atom. The summed E-state index contributed by atoms with van der Waals surface area (Å²) in [6.07, 6.45) is 4.71. The van der Waals surface area contributed by atoms with Crippen LogP contribution in [-0.2, 0) is 9.53 Å². The fraction of sp³-hybridized carbons (Fsp3) is 0.417. The number of ether oxygens (including phenoxy) is 1. The highest BCUT2D eigenvalue weighted by atomic mass is 16.5. The van der Waals surface area contributed by atoms with Gasteiger partial charge in [0.15, 0.2) is 0 Å². The van der Waals surface area contributed by atoms with Gasteiger partial charge in [-0.2, -0.15) is 0 Å². The molecule has 1 aromatic rings. The van der Waals surface area contributed by atoms with Gasteiger partial charge in [0.1, 0.15) is 0 Å². The molecule has 0 aliphatic heterocycles. The highest BCUT2D eigenvalue weighted by molar-refractivity contribution is 5.99. The predicted octanol–water partition coefficient (Wildman–Crippen LogP) is 1.99. The molecule has 0 radical (unpaired) electrons. The van der Waals surface area contributed by atoms with Gasteiger partial charge < -0.3 is 9.94 Å². The number of hydrogen-bond donors (Lipinski definition) is 1. The molecular weight excluding hydrogens is 220 g/mol. The van der Waals surface area contributed by atoms with Crippen molar-refractivity contribution >= 4 is 11.7 Å². The molecule has 0 amide bonds. The van der Waals surface area contributed by atoms with Gasteiger partial charge in [-0.15, -0.1) is 0 Å². The minimum absolute atomic E-state index is 0.226. The summed E-state index contributed by atoms with van der Waals surface area (Å²) >= 11 is 0. The molecular formula is C12H16N2O3. The zero-order chi connectivity index (χ0) is 12.5. The first kappa shape index (κ1) is 13.2. The molecule has 5 nitrogen and oxygen atoms in total. The SMILES string of the molecule is CCOC(=O)CCCC(=NO)c1cccnc1. The molecule has 0 aromatic carbocycles. The van der Waals surface area contributed by atoms with E-state index < -0.39 is 0 Å². The largest absolute Gasteiger partial charge is 0.466 e. The van der Waals surface area contributed by atoms with Crippen molar-refractivity contribution in [1.82, 2.24) is 4.98 Å². The minimum Gasteiger partial charge on any atom is -0.466 e. The summed E-state index contributed by atoms with van der Waals surface area (Å²) in [6, 6.07) is 3.58. The molecule has 0 atom stereocenters. The Balaban J connectivity index is 2.42. The maximum atomic E-state index is 11.1. The van der Waals surface area contributed by atoms with E-state index in [0.717, 1.165) is 5.56 Å². The molecule has 0 unspecified atom stereocenters. The van der Waals surface area contributed by atoms with E-state index in [1.807, 2.05) is 6.07 Å². The number of oxime groups is 1. The molecule has 5 heteroatoms. The summed E-state index contributed by atoms with van der Waals surface area (Å²) in [6.45, 7) is 2.16. The van der Waals surface area contributed by atoms with Gasteiger partial charge in [0, 0.05) is 24.4 Å². The number of carbonyl (C=O) groups excluding carboxylic acids is 1. The molecule has 0 fully saturated rings. The van der Waals surface area contributed by atoms with Gasteiger partial charge in [0.2, 0.25) is 0 Å². The lowest BCUT2D eigenvalue weighted by atomic mass is 10.1. The molecule has 1 aromatic heterocycles. The Morgan fingerprint density at radius 1 is 1.53 bits per heavy atom. The van der Waals surface area contributed by atoms with Crippen molar-refractivity contribution in [3.63, 3.8) is 0 Å². The van der Waals surface area contributed by atoms with Crippen LogP contribution in [0.15, 0.2) is 29.7 Å². The molecule has 1 rings (SSSR count). The molecule has 0 bridgehead atoms. The second kappa shape index (κ2) is 7.38. The number of nitrogens with zero attached hydrogens (tertiary/aromatic N) is 2. The smallest absolute Gasteiger partial charge is 0.305 e. The fourth-order valence-electron chi connectivity index (χ4n) is 1.42. The van der Waals surface area contributed by atoms with Gasteiger partial charge in [0.25, 0.3) is 0 Å². The van der Waals surface area contributed by atoms with Crippen LogP contribution in [0.5, 0.6) is 0 Å². The van der Waals surface area contributed by atoms with Crippen LogP contribution >= 0.6 is 0 Å². The quantitative estimate of drug-likeness (QED) is 0.355. The van der Waals surface area contributed by atoms with Crippen LogP contribution in [0.1, 0.15) is 31.7 Å². The van der Waals surface area contributed by atoms with Crippen molar-refractivity contribution in [3.8, 4) is 0 Å². The Morgan fingerprint density at radius 2 is 2.35 bits per heavy atom. The lowest BCUT2D eigenvalue weighted by molar-refractivity contribution is -0.143. The van der Waals surface area contributed by atoms with Crippen molar-refractivity contribution in [1.29, 1.82) is 0 Å². The van der Waals surface area contributed by atoms with Crippen molar-refractivity contribution in [2.75, 3.05) is 6.61 Å². The highest BCUT2D eigenvalue weighted by Crippen LogP contribution is 2.07. The predicted molar refractivity (Wildman–Crippen MR) is 63.0 cm³/mol. The van der Waals surface area contributed by atoms with Crippen molar-refractivity contribution in [2.45, 2.75) is 26.2 Å². The average molecular weight is 236 g/mol. The molecule has 0 saturated heterocycles.